The van der Waals surface area contributed by atoms with Crippen molar-refractivity contribution in [3.63, 3.8) is 0 Å². The number of rotatable bonds is 6. The Labute approximate surface area is 120 Å². The molecule has 1 aromatic rings. The molecule has 1 atom stereocenters. The van der Waals surface area contributed by atoms with E-state index in [-0.39, 0.29) is 10.8 Å². The Bertz CT molecular complexity index is 513. The van der Waals surface area contributed by atoms with Gasteiger partial charge in [0.25, 0.3) is 0 Å². The maximum Gasteiger partial charge on any atom is 0.345 e. The van der Waals surface area contributed by atoms with E-state index in [1.165, 1.54) is 12.1 Å². The first-order valence-electron chi connectivity index (χ1n) is 5.99. The lowest BCUT2D eigenvalue weighted by atomic mass is 10.0. The van der Waals surface area contributed by atoms with Gasteiger partial charge in [-0.15, -0.1) is 11.3 Å². The zero-order chi connectivity index (χ0) is 15.3. The second kappa shape index (κ2) is 6.90. The van der Waals surface area contributed by atoms with E-state index in [4.69, 9.17) is 10.8 Å². The van der Waals surface area contributed by atoms with Crippen LogP contribution in [-0.2, 0) is 4.79 Å². The molecule has 0 saturated heterocycles. The minimum Gasteiger partial charge on any atom is -0.477 e. The summed E-state index contributed by atoms with van der Waals surface area (Å²) in [5, 5.41) is 14.2. The number of hydrogen-bond donors (Lipinski definition) is 4. The van der Waals surface area contributed by atoms with Gasteiger partial charge in [0.1, 0.15) is 10.9 Å². The van der Waals surface area contributed by atoms with Crippen molar-refractivity contribution in [2.75, 3.05) is 5.32 Å². The summed E-state index contributed by atoms with van der Waals surface area (Å²) >= 11 is 0.949. The van der Waals surface area contributed by atoms with E-state index in [2.05, 4.69) is 10.6 Å². The van der Waals surface area contributed by atoms with E-state index in [9.17, 15) is 14.4 Å². The van der Waals surface area contributed by atoms with Crippen molar-refractivity contribution in [3.8, 4) is 0 Å². The van der Waals surface area contributed by atoms with Gasteiger partial charge in [-0.25, -0.2) is 9.59 Å². The number of amides is 3. The number of carboxylic acid groups (broad SMARTS) is 1. The highest BCUT2D eigenvalue weighted by molar-refractivity contribution is 7.18. The van der Waals surface area contributed by atoms with Gasteiger partial charge in [-0.1, -0.05) is 13.8 Å². The van der Waals surface area contributed by atoms with Crippen molar-refractivity contribution in [1.82, 2.24) is 5.32 Å². The molecule has 0 radical (unpaired) electrons. The molecular formula is C12H17N3O4S. The summed E-state index contributed by atoms with van der Waals surface area (Å²) in [7, 11) is 0. The van der Waals surface area contributed by atoms with Crippen molar-refractivity contribution in [1.29, 1.82) is 0 Å². The number of urea groups is 1. The zero-order valence-electron chi connectivity index (χ0n) is 11.2. The monoisotopic (exact) mass is 299 g/mol. The number of hydrogen-bond acceptors (Lipinski definition) is 4. The molecule has 0 aliphatic carbocycles. The third kappa shape index (κ3) is 4.88. The molecule has 0 aliphatic rings. The topological polar surface area (TPSA) is 122 Å². The Balaban J connectivity index is 2.73. The van der Waals surface area contributed by atoms with E-state index >= 15 is 0 Å². The van der Waals surface area contributed by atoms with Crippen LogP contribution in [0.5, 0.6) is 0 Å². The van der Waals surface area contributed by atoms with E-state index in [0.29, 0.717) is 11.4 Å². The Morgan fingerprint density at radius 1 is 1.35 bits per heavy atom. The van der Waals surface area contributed by atoms with Crippen LogP contribution in [0.1, 0.15) is 29.9 Å². The van der Waals surface area contributed by atoms with Gasteiger partial charge in [0.2, 0.25) is 5.91 Å². The van der Waals surface area contributed by atoms with Gasteiger partial charge in [0.15, 0.2) is 0 Å². The van der Waals surface area contributed by atoms with Crippen LogP contribution in [0.15, 0.2) is 12.1 Å². The number of carbonyl (C=O) groups is 3. The third-order valence-electron chi connectivity index (χ3n) is 2.40. The van der Waals surface area contributed by atoms with Crippen molar-refractivity contribution >= 4 is 34.2 Å². The number of nitrogens with two attached hydrogens (primary N) is 1. The van der Waals surface area contributed by atoms with E-state index in [1.54, 1.807) is 0 Å². The summed E-state index contributed by atoms with van der Waals surface area (Å²) in [5.41, 5.74) is 5.04. The smallest absolute Gasteiger partial charge is 0.345 e. The minimum absolute atomic E-state index is 0.128. The van der Waals surface area contributed by atoms with Crippen LogP contribution in [0.4, 0.5) is 9.80 Å². The largest absolute Gasteiger partial charge is 0.477 e. The van der Waals surface area contributed by atoms with Gasteiger partial charge in [0.05, 0.1) is 5.00 Å². The Hall–Kier alpha value is -2.09. The van der Waals surface area contributed by atoms with Crippen molar-refractivity contribution < 1.29 is 19.5 Å². The number of carbonyl (C=O) groups excluding carboxylic acids is 2. The molecule has 0 spiro atoms. The normalized spacial score (nSPS) is 11.9. The predicted molar refractivity (Wildman–Crippen MR) is 75.9 cm³/mol. The molecule has 1 unspecified atom stereocenters. The molecular weight excluding hydrogens is 282 g/mol. The average Bonchev–Trinajstić information content (AvgIpc) is 2.75. The molecule has 0 aromatic carbocycles. The van der Waals surface area contributed by atoms with E-state index in [1.807, 2.05) is 13.8 Å². The second-order valence-electron chi connectivity index (χ2n) is 4.65. The SMILES string of the molecule is CC(C)CC(NC(N)=O)C(=O)Nc1ccc(C(=O)O)s1. The lowest BCUT2D eigenvalue weighted by Crippen LogP contribution is -2.46. The molecule has 0 aliphatic heterocycles. The van der Waals surface area contributed by atoms with Crippen LogP contribution in [0.3, 0.4) is 0 Å². The Morgan fingerprint density at radius 2 is 2.00 bits per heavy atom. The number of primary amides is 1. The third-order valence-corrected chi connectivity index (χ3v) is 3.39. The van der Waals surface area contributed by atoms with Crippen LogP contribution in [-0.4, -0.2) is 29.1 Å². The molecule has 110 valence electrons. The first-order valence-corrected chi connectivity index (χ1v) is 6.81. The fourth-order valence-corrected chi connectivity index (χ4v) is 2.35. The summed E-state index contributed by atoms with van der Waals surface area (Å²) in [6, 6.07) is 1.38. The first-order chi connectivity index (χ1) is 9.29. The highest BCUT2D eigenvalue weighted by Gasteiger charge is 2.21. The molecule has 7 nitrogen and oxygen atoms in total. The molecule has 8 heteroatoms. The average molecular weight is 299 g/mol. The molecule has 5 N–H and O–H groups in total. The first kappa shape index (κ1) is 16.0. The summed E-state index contributed by atoms with van der Waals surface area (Å²) < 4.78 is 0. The highest BCUT2D eigenvalue weighted by atomic mass is 32.1. The number of anilines is 1. The maximum atomic E-state index is 12.0. The number of nitrogens with one attached hydrogen (secondary N) is 2. The van der Waals surface area contributed by atoms with E-state index < -0.39 is 23.9 Å². The lowest BCUT2D eigenvalue weighted by Gasteiger charge is -2.18. The fourth-order valence-electron chi connectivity index (χ4n) is 1.60. The van der Waals surface area contributed by atoms with Gasteiger partial charge in [-0.05, 0) is 24.5 Å². The predicted octanol–water partition coefficient (Wildman–Crippen LogP) is 1.47. The van der Waals surface area contributed by atoms with Gasteiger partial charge in [-0.2, -0.15) is 0 Å². The van der Waals surface area contributed by atoms with Crippen LogP contribution in [0.25, 0.3) is 0 Å². The number of aromatic carboxylic acids is 1. The van der Waals surface area contributed by atoms with Crippen molar-refractivity contribution in [2.45, 2.75) is 26.3 Å². The molecule has 3 amide bonds. The van der Waals surface area contributed by atoms with Crippen LogP contribution in [0.2, 0.25) is 0 Å². The molecule has 20 heavy (non-hydrogen) atoms. The fraction of sp³-hybridized carbons (Fsp3) is 0.417. The van der Waals surface area contributed by atoms with Gasteiger partial charge < -0.3 is 21.5 Å². The van der Waals surface area contributed by atoms with Gasteiger partial charge in [-0.3, -0.25) is 4.79 Å². The summed E-state index contributed by atoms with van der Waals surface area (Å²) in [4.78, 5) is 33.8. The number of carboxylic acids is 1. The molecule has 0 bridgehead atoms. The maximum absolute atomic E-state index is 12.0. The summed E-state index contributed by atoms with van der Waals surface area (Å²) in [5.74, 6) is -1.28. The Kier molecular flexibility index (Phi) is 5.51. The van der Waals surface area contributed by atoms with Gasteiger partial charge in [0, 0.05) is 0 Å². The van der Waals surface area contributed by atoms with Crippen molar-refractivity contribution in [2.24, 2.45) is 11.7 Å². The lowest BCUT2D eigenvalue weighted by molar-refractivity contribution is -0.118. The van der Waals surface area contributed by atoms with Crippen molar-refractivity contribution in [3.05, 3.63) is 17.0 Å². The minimum atomic E-state index is -1.05. The van der Waals surface area contributed by atoms with E-state index in [0.717, 1.165) is 11.3 Å². The van der Waals surface area contributed by atoms with Crippen LogP contribution in [0, 0.1) is 5.92 Å². The molecule has 0 saturated carbocycles. The standard InChI is InChI=1S/C12H17N3O4S/c1-6(2)5-7(14-12(13)19)10(16)15-9-4-3-8(20-9)11(17)18/h3-4,6-7H,5H2,1-2H3,(H,15,16)(H,17,18)(H3,13,14,19). The molecule has 1 aromatic heterocycles. The summed E-state index contributed by atoms with van der Waals surface area (Å²) in [6.07, 6.45) is 0.436. The number of thiophene rings is 1. The zero-order valence-corrected chi connectivity index (χ0v) is 12.0. The quantitative estimate of drug-likeness (QED) is 0.635. The van der Waals surface area contributed by atoms with Gasteiger partial charge >= 0.3 is 12.0 Å². The Morgan fingerprint density at radius 3 is 2.45 bits per heavy atom. The molecule has 0 fully saturated rings. The molecule has 1 heterocycles. The van der Waals surface area contributed by atoms with Crippen LogP contribution >= 0.6 is 11.3 Å². The van der Waals surface area contributed by atoms with Crippen LogP contribution < -0.4 is 16.4 Å². The molecule has 1 rings (SSSR count). The second-order valence-corrected chi connectivity index (χ2v) is 5.73. The summed E-state index contributed by atoms with van der Waals surface area (Å²) in [6.45, 7) is 3.83. The highest BCUT2D eigenvalue weighted by Crippen LogP contribution is 2.22.